The van der Waals surface area contributed by atoms with Gasteiger partial charge in [0, 0.05) is 12.3 Å². The highest BCUT2D eigenvalue weighted by Crippen LogP contribution is 2.08. The molecule has 0 unspecified atom stereocenters. The van der Waals surface area contributed by atoms with Crippen LogP contribution in [0.2, 0.25) is 0 Å². The van der Waals surface area contributed by atoms with Crippen molar-refractivity contribution in [2.24, 2.45) is 0 Å². The second kappa shape index (κ2) is 3.14. The molecular formula is C6H6N2O4. The molecule has 64 valence electrons. The maximum atomic E-state index is 10.9. The smallest absolute Gasteiger partial charge is 0.337 e. The lowest BCUT2D eigenvalue weighted by atomic mass is 10.3. The normalized spacial score (nSPS) is 9.75. The molecule has 0 bridgehead atoms. The summed E-state index contributed by atoms with van der Waals surface area (Å²) in [6.45, 7) is -0.549. The molecule has 0 radical (unpaired) electrons. The van der Waals surface area contributed by atoms with Crippen molar-refractivity contribution in [1.29, 1.82) is 0 Å². The minimum absolute atomic E-state index is 0.0764. The standard InChI is InChI=1S/C6H6N2O4/c9-3-4-6(8(11)12)5(10)1-2-7-4/h1-2,9H,3H2,(H,7,10). The molecule has 0 amide bonds. The van der Waals surface area contributed by atoms with Crippen LogP contribution < -0.4 is 5.43 Å². The van der Waals surface area contributed by atoms with Gasteiger partial charge >= 0.3 is 5.69 Å². The maximum Gasteiger partial charge on any atom is 0.337 e. The summed E-state index contributed by atoms with van der Waals surface area (Å²) in [6.07, 6.45) is 1.25. The lowest BCUT2D eigenvalue weighted by Crippen LogP contribution is -2.11. The molecule has 0 atom stereocenters. The molecule has 0 aromatic carbocycles. The van der Waals surface area contributed by atoms with E-state index in [0.29, 0.717) is 0 Å². The van der Waals surface area contributed by atoms with E-state index in [1.165, 1.54) is 6.20 Å². The number of aromatic amines is 1. The zero-order chi connectivity index (χ0) is 9.14. The fraction of sp³-hybridized carbons (Fsp3) is 0.167. The highest BCUT2D eigenvalue weighted by molar-refractivity contribution is 5.33. The monoisotopic (exact) mass is 170 g/mol. The van der Waals surface area contributed by atoms with Crippen LogP contribution in [-0.4, -0.2) is 15.0 Å². The maximum absolute atomic E-state index is 10.9. The van der Waals surface area contributed by atoms with E-state index in [2.05, 4.69) is 4.98 Å². The largest absolute Gasteiger partial charge is 0.390 e. The Hall–Kier alpha value is -1.69. The van der Waals surface area contributed by atoms with Crippen molar-refractivity contribution in [3.05, 3.63) is 38.3 Å². The van der Waals surface area contributed by atoms with Gasteiger partial charge in [-0.25, -0.2) is 0 Å². The average molecular weight is 170 g/mol. The first kappa shape index (κ1) is 8.41. The predicted octanol–water partition coefficient (Wildman–Crippen LogP) is -0.225. The van der Waals surface area contributed by atoms with Crippen LogP contribution in [0.3, 0.4) is 0 Å². The van der Waals surface area contributed by atoms with E-state index in [1.54, 1.807) is 0 Å². The second-order valence-electron chi connectivity index (χ2n) is 2.08. The average Bonchev–Trinajstić information content (AvgIpc) is 2.03. The molecule has 2 N–H and O–H groups in total. The summed E-state index contributed by atoms with van der Waals surface area (Å²) in [6, 6.07) is 1.04. The molecule has 1 rings (SSSR count). The molecule has 0 spiro atoms. The van der Waals surface area contributed by atoms with Crippen LogP contribution in [0.1, 0.15) is 5.69 Å². The van der Waals surface area contributed by atoms with Gasteiger partial charge in [-0.05, 0) is 0 Å². The number of nitrogens with zero attached hydrogens (tertiary/aromatic N) is 1. The molecule has 0 aliphatic carbocycles. The predicted molar refractivity (Wildman–Crippen MR) is 39.6 cm³/mol. The van der Waals surface area contributed by atoms with Crippen LogP contribution in [0.25, 0.3) is 0 Å². The fourth-order valence-corrected chi connectivity index (χ4v) is 0.835. The lowest BCUT2D eigenvalue weighted by molar-refractivity contribution is -0.387. The number of rotatable bonds is 2. The first-order valence-electron chi connectivity index (χ1n) is 3.12. The number of pyridine rings is 1. The minimum atomic E-state index is -0.815. The van der Waals surface area contributed by atoms with Crippen molar-refractivity contribution in [3.8, 4) is 0 Å². The number of aliphatic hydroxyl groups excluding tert-OH is 1. The molecule has 1 heterocycles. The quantitative estimate of drug-likeness (QED) is 0.473. The van der Waals surface area contributed by atoms with E-state index < -0.39 is 22.6 Å². The van der Waals surface area contributed by atoms with Crippen LogP contribution in [0.5, 0.6) is 0 Å². The number of hydrogen-bond acceptors (Lipinski definition) is 4. The van der Waals surface area contributed by atoms with Crippen molar-refractivity contribution < 1.29 is 10.0 Å². The Morgan fingerprint density at radius 1 is 1.67 bits per heavy atom. The summed E-state index contributed by atoms with van der Waals surface area (Å²) in [5.41, 5.74) is -1.38. The van der Waals surface area contributed by atoms with Crippen molar-refractivity contribution >= 4 is 5.69 Å². The first-order valence-corrected chi connectivity index (χ1v) is 3.12. The summed E-state index contributed by atoms with van der Waals surface area (Å²) < 4.78 is 0. The number of aliphatic hydroxyl groups is 1. The molecule has 6 heteroatoms. The second-order valence-corrected chi connectivity index (χ2v) is 2.08. The lowest BCUT2D eigenvalue weighted by Gasteiger charge is -1.96. The van der Waals surface area contributed by atoms with E-state index in [9.17, 15) is 14.9 Å². The van der Waals surface area contributed by atoms with Crippen LogP contribution in [0, 0.1) is 10.1 Å². The first-order chi connectivity index (χ1) is 5.66. The highest BCUT2D eigenvalue weighted by Gasteiger charge is 2.16. The number of nitro groups is 1. The number of nitrogens with one attached hydrogen (secondary N) is 1. The summed E-state index contributed by atoms with van der Waals surface area (Å²) in [5.74, 6) is 0. The summed E-state index contributed by atoms with van der Waals surface area (Å²) in [5, 5.41) is 18.9. The highest BCUT2D eigenvalue weighted by atomic mass is 16.6. The SMILES string of the molecule is O=c1cc[nH]c(CO)c1[N+](=O)[O-]. The molecule has 1 aromatic heterocycles. The summed E-state index contributed by atoms with van der Waals surface area (Å²) in [4.78, 5) is 22.7. The molecule has 0 aliphatic heterocycles. The van der Waals surface area contributed by atoms with Gasteiger partial charge in [0.25, 0.3) is 5.43 Å². The number of hydrogen-bond donors (Lipinski definition) is 2. The number of H-pyrrole nitrogens is 1. The van der Waals surface area contributed by atoms with E-state index in [4.69, 9.17) is 5.11 Å². The van der Waals surface area contributed by atoms with Crippen molar-refractivity contribution in [1.82, 2.24) is 4.98 Å². The molecular weight excluding hydrogens is 164 g/mol. The van der Waals surface area contributed by atoms with Gasteiger partial charge in [-0.15, -0.1) is 0 Å². The Balaban J connectivity index is 3.40. The Kier molecular flexibility index (Phi) is 2.20. The Morgan fingerprint density at radius 3 is 2.75 bits per heavy atom. The Morgan fingerprint density at radius 2 is 2.33 bits per heavy atom. The van der Waals surface area contributed by atoms with Crippen molar-refractivity contribution in [2.75, 3.05) is 0 Å². The summed E-state index contributed by atoms with van der Waals surface area (Å²) >= 11 is 0. The Bertz CT molecular complexity index is 357. The topological polar surface area (TPSA) is 96.2 Å². The van der Waals surface area contributed by atoms with Gasteiger partial charge in [0.15, 0.2) is 0 Å². The molecule has 0 aliphatic rings. The van der Waals surface area contributed by atoms with Gasteiger partial charge < -0.3 is 10.1 Å². The molecule has 1 aromatic rings. The molecule has 0 saturated carbocycles. The van der Waals surface area contributed by atoms with Gasteiger partial charge in [0.1, 0.15) is 5.69 Å². The van der Waals surface area contributed by atoms with Gasteiger partial charge in [-0.3, -0.25) is 14.9 Å². The minimum Gasteiger partial charge on any atom is -0.390 e. The van der Waals surface area contributed by atoms with Crippen LogP contribution in [0.4, 0.5) is 5.69 Å². The van der Waals surface area contributed by atoms with Gasteiger partial charge in [0.05, 0.1) is 11.5 Å². The van der Waals surface area contributed by atoms with Crippen molar-refractivity contribution in [2.45, 2.75) is 6.61 Å². The van der Waals surface area contributed by atoms with Gasteiger partial charge in [-0.2, -0.15) is 0 Å². The molecule has 0 saturated heterocycles. The molecule has 12 heavy (non-hydrogen) atoms. The van der Waals surface area contributed by atoms with Crippen molar-refractivity contribution in [3.63, 3.8) is 0 Å². The zero-order valence-electron chi connectivity index (χ0n) is 5.98. The third-order valence-corrected chi connectivity index (χ3v) is 1.35. The van der Waals surface area contributed by atoms with E-state index in [0.717, 1.165) is 6.07 Å². The van der Waals surface area contributed by atoms with Gasteiger partial charge in [-0.1, -0.05) is 0 Å². The Labute approximate surface area is 66.6 Å². The fourth-order valence-electron chi connectivity index (χ4n) is 0.835. The zero-order valence-corrected chi connectivity index (χ0v) is 5.98. The van der Waals surface area contributed by atoms with Crippen LogP contribution in [-0.2, 0) is 6.61 Å². The van der Waals surface area contributed by atoms with Crippen LogP contribution >= 0.6 is 0 Å². The van der Waals surface area contributed by atoms with E-state index in [-0.39, 0.29) is 5.69 Å². The molecule has 6 nitrogen and oxygen atoms in total. The summed E-state index contributed by atoms with van der Waals surface area (Å²) in [7, 11) is 0. The van der Waals surface area contributed by atoms with E-state index in [1.807, 2.05) is 0 Å². The molecule has 0 fully saturated rings. The van der Waals surface area contributed by atoms with Crippen LogP contribution in [0.15, 0.2) is 17.1 Å². The van der Waals surface area contributed by atoms with E-state index >= 15 is 0 Å². The third kappa shape index (κ3) is 1.32. The van der Waals surface area contributed by atoms with Gasteiger partial charge in [0.2, 0.25) is 0 Å². The third-order valence-electron chi connectivity index (χ3n) is 1.35. The number of aromatic nitrogens is 1.